The van der Waals surface area contributed by atoms with Gasteiger partial charge in [-0.05, 0) is 19.8 Å². The van der Waals surface area contributed by atoms with Gasteiger partial charge >= 0.3 is 10.7 Å². The maximum Gasteiger partial charge on any atom is 0.345 e. The topological polar surface area (TPSA) is 51.4 Å². The highest BCUT2D eigenvalue weighted by atomic mass is 32.1. The molecule has 1 aromatic heterocycles. The summed E-state index contributed by atoms with van der Waals surface area (Å²) in [6, 6.07) is 0.665. The normalized spacial score (nSPS) is 25.2. The van der Waals surface area contributed by atoms with Crippen LogP contribution in [0.3, 0.4) is 0 Å². The van der Waals surface area contributed by atoms with Crippen molar-refractivity contribution < 1.29 is 9.88 Å². The maximum atomic E-state index is 12.1. The van der Waals surface area contributed by atoms with E-state index in [-0.39, 0.29) is 5.56 Å². The number of aromatic nitrogens is 2. The Morgan fingerprint density at radius 2 is 2.10 bits per heavy atom. The van der Waals surface area contributed by atoms with E-state index >= 15 is 0 Å². The van der Waals surface area contributed by atoms with Gasteiger partial charge in [-0.2, -0.15) is 0 Å². The fourth-order valence-electron chi connectivity index (χ4n) is 3.93. The highest BCUT2D eigenvalue weighted by Crippen LogP contribution is 2.25. The lowest BCUT2D eigenvalue weighted by atomic mass is 9.83. The zero-order valence-corrected chi connectivity index (χ0v) is 13.1. The zero-order valence-electron chi connectivity index (χ0n) is 12.2. The van der Waals surface area contributed by atoms with E-state index in [0.717, 1.165) is 36.7 Å². The van der Waals surface area contributed by atoms with Crippen molar-refractivity contribution in [1.82, 2.24) is 4.98 Å². The summed E-state index contributed by atoms with van der Waals surface area (Å²) in [4.78, 5) is 19.7. The van der Waals surface area contributed by atoms with Gasteiger partial charge in [0.05, 0.1) is 19.0 Å². The third-order valence-electron chi connectivity index (χ3n) is 5.24. The van der Waals surface area contributed by atoms with Crippen LogP contribution in [0.15, 0.2) is 9.95 Å². The van der Waals surface area contributed by atoms with E-state index in [1.807, 2.05) is 0 Å². The summed E-state index contributed by atoms with van der Waals surface area (Å²) in [6.07, 6.45) is 7.87. The molecular formula is C15H25N3OS+2. The summed E-state index contributed by atoms with van der Waals surface area (Å²) >= 11 is 4.22. The van der Waals surface area contributed by atoms with Gasteiger partial charge in [0.2, 0.25) is 0 Å². The molecule has 3 N–H and O–H groups in total. The molecule has 110 valence electrons. The first-order valence-corrected chi connectivity index (χ1v) is 8.31. The van der Waals surface area contributed by atoms with Crippen LogP contribution in [0.2, 0.25) is 0 Å². The van der Waals surface area contributed by atoms with Gasteiger partial charge in [-0.15, -0.1) is 0 Å². The van der Waals surface area contributed by atoms with Gasteiger partial charge in [0, 0.05) is 5.92 Å². The minimum atomic E-state index is 0.0387. The second kappa shape index (κ2) is 5.90. The second-order valence-electron chi connectivity index (χ2n) is 6.41. The van der Waals surface area contributed by atoms with Crippen molar-refractivity contribution in [1.29, 1.82) is 0 Å². The lowest BCUT2D eigenvalue weighted by Crippen LogP contribution is -3.16. The molecule has 5 heteroatoms. The fourth-order valence-corrected chi connectivity index (χ4v) is 4.16. The van der Waals surface area contributed by atoms with Crippen LogP contribution in [0.25, 0.3) is 0 Å². The summed E-state index contributed by atoms with van der Waals surface area (Å²) in [5.41, 5.74) is 2.06. The molecule has 0 spiro atoms. The van der Waals surface area contributed by atoms with Crippen LogP contribution in [0.1, 0.15) is 50.3 Å². The second-order valence-corrected chi connectivity index (χ2v) is 6.85. The molecule has 1 fully saturated rings. The molecule has 0 aromatic carbocycles. The highest BCUT2D eigenvalue weighted by molar-refractivity contribution is 7.79. The van der Waals surface area contributed by atoms with Crippen molar-refractivity contribution in [2.24, 2.45) is 5.92 Å². The fraction of sp³-hybridized carbons (Fsp3) is 0.733. The number of hydrogen-bond acceptors (Lipinski definition) is 2. The Balaban J connectivity index is 1.76. The van der Waals surface area contributed by atoms with Gasteiger partial charge in [0.1, 0.15) is 17.8 Å². The van der Waals surface area contributed by atoms with E-state index in [2.05, 4.69) is 29.5 Å². The Bertz CT molecular complexity index is 536. The number of H-pyrrole nitrogens is 2. The summed E-state index contributed by atoms with van der Waals surface area (Å²) in [5, 5.41) is 0.567. The Hall–Kier alpha value is -0.810. The van der Waals surface area contributed by atoms with Gasteiger partial charge in [-0.1, -0.05) is 31.9 Å². The van der Waals surface area contributed by atoms with E-state index in [1.165, 1.54) is 32.1 Å². The largest absolute Gasteiger partial charge is 0.345 e. The molecule has 4 nitrogen and oxygen atoms in total. The summed E-state index contributed by atoms with van der Waals surface area (Å²) in [5.74, 6) is 0.840. The monoisotopic (exact) mass is 295 g/mol. The molecule has 2 aliphatic rings. The molecule has 0 amide bonds. The van der Waals surface area contributed by atoms with Crippen molar-refractivity contribution in [2.45, 2.75) is 63.2 Å². The first kappa shape index (κ1) is 14.1. The van der Waals surface area contributed by atoms with Crippen molar-refractivity contribution in [2.75, 3.05) is 6.54 Å². The number of thiol groups is 1. The first-order valence-electron chi connectivity index (χ1n) is 7.86. The van der Waals surface area contributed by atoms with Crippen molar-refractivity contribution in [3.63, 3.8) is 0 Å². The average Bonchev–Trinajstić information content (AvgIpc) is 2.47. The predicted octanol–water partition coefficient (Wildman–Crippen LogP) is 0.388. The number of fused-ring (bicyclic) bond motifs is 1. The van der Waals surface area contributed by atoms with Crippen molar-refractivity contribution in [3.05, 3.63) is 21.6 Å². The minimum absolute atomic E-state index is 0.0387. The molecule has 1 aliphatic carbocycles. The van der Waals surface area contributed by atoms with Gasteiger partial charge in [-0.25, -0.2) is 14.8 Å². The quantitative estimate of drug-likeness (QED) is 0.536. The van der Waals surface area contributed by atoms with Crippen LogP contribution in [-0.2, 0) is 13.0 Å². The lowest BCUT2D eigenvalue weighted by molar-refractivity contribution is -0.944. The lowest BCUT2D eigenvalue weighted by Gasteiger charge is -2.35. The Kier molecular flexibility index (Phi) is 4.17. The van der Waals surface area contributed by atoms with Crippen LogP contribution < -0.4 is 15.4 Å². The molecule has 1 aliphatic heterocycles. The van der Waals surface area contributed by atoms with Crippen LogP contribution in [-0.4, -0.2) is 17.6 Å². The van der Waals surface area contributed by atoms with E-state index in [4.69, 9.17) is 0 Å². The molecule has 3 rings (SSSR count). The molecule has 2 atom stereocenters. The van der Waals surface area contributed by atoms with Gasteiger partial charge in [0.25, 0.3) is 0 Å². The van der Waals surface area contributed by atoms with Crippen LogP contribution in [0.4, 0.5) is 0 Å². The van der Waals surface area contributed by atoms with E-state index in [9.17, 15) is 4.79 Å². The molecule has 0 radical (unpaired) electrons. The van der Waals surface area contributed by atoms with Gasteiger partial charge in [-0.3, -0.25) is 0 Å². The molecule has 0 saturated heterocycles. The van der Waals surface area contributed by atoms with E-state index in [0.29, 0.717) is 11.2 Å². The number of nitrogens with one attached hydrogen (secondary N) is 3. The molecule has 1 saturated carbocycles. The van der Waals surface area contributed by atoms with Crippen molar-refractivity contribution in [3.8, 4) is 0 Å². The SMILES string of the molecule is C[C@H](C1CCCCC1)[NH+]1CCc2[nH+]c(S)[nH]c(=O)c2C1. The third-order valence-corrected chi connectivity index (χ3v) is 5.46. The Labute approximate surface area is 125 Å². The van der Waals surface area contributed by atoms with Gasteiger partial charge in [0.15, 0.2) is 0 Å². The Morgan fingerprint density at radius 1 is 1.35 bits per heavy atom. The molecule has 1 unspecified atom stereocenters. The number of hydrogen-bond donors (Lipinski definition) is 3. The maximum absolute atomic E-state index is 12.1. The smallest absolute Gasteiger partial charge is 0.328 e. The molecule has 1 aromatic rings. The van der Waals surface area contributed by atoms with E-state index in [1.54, 1.807) is 4.90 Å². The molecule has 0 bridgehead atoms. The zero-order chi connectivity index (χ0) is 14.1. The third kappa shape index (κ3) is 2.79. The molecular weight excluding hydrogens is 270 g/mol. The van der Waals surface area contributed by atoms with Crippen molar-refractivity contribution >= 4 is 12.6 Å². The molecule has 2 heterocycles. The number of quaternary nitrogens is 1. The minimum Gasteiger partial charge on any atom is -0.328 e. The standard InChI is InChI=1S/C15H23N3OS/c1-10(11-5-3-2-4-6-11)18-8-7-13-12(9-18)14(19)17-15(20)16-13/h10-11H,2-9H2,1H3,(H2,16,17,19,20)/p+2/t10-/m1/s1. The van der Waals surface area contributed by atoms with Gasteiger partial charge < -0.3 is 4.90 Å². The summed E-state index contributed by atoms with van der Waals surface area (Å²) in [6.45, 7) is 4.35. The van der Waals surface area contributed by atoms with Crippen LogP contribution >= 0.6 is 12.6 Å². The Morgan fingerprint density at radius 3 is 2.85 bits per heavy atom. The first-order chi connectivity index (χ1) is 9.65. The summed E-state index contributed by atoms with van der Waals surface area (Å²) < 4.78 is 0. The van der Waals surface area contributed by atoms with E-state index < -0.39 is 0 Å². The van der Waals surface area contributed by atoms with Crippen LogP contribution in [0.5, 0.6) is 0 Å². The highest BCUT2D eigenvalue weighted by Gasteiger charge is 2.33. The average molecular weight is 295 g/mol. The number of rotatable bonds is 2. The predicted molar refractivity (Wildman–Crippen MR) is 80.1 cm³/mol. The van der Waals surface area contributed by atoms with Crippen LogP contribution in [0, 0.1) is 5.92 Å². The molecule has 20 heavy (non-hydrogen) atoms. The number of aromatic amines is 2. The summed E-state index contributed by atoms with van der Waals surface area (Å²) in [7, 11) is 0.